The maximum Gasteiger partial charge on any atom is 0.491 e. The lowest BCUT2D eigenvalue weighted by Gasteiger charge is -2.18. The van der Waals surface area contributed by atoms with E-state index in [2.05, 4.69) is 0 Å². The normalized spacial score (nSPS) is 14.0. The van der Waals surface area contributed by atoms with Crippen molar-refractivity contribution in [3.8, 4) is 11.5 Å². The van der Waals surface area contributed by atoms with E-state index in [-0.39, 0.29) is 4.90 Å². The van der Waals surface area contributed by atoms with E-state index in [1.807, 2.05) is 19.9 Å². The van der Waals surface area contributed by atoms with E-state index in [9.17, 15) is 13.4 Å². The van der Waals surface area contributed by atoms with Gasteiger partial charge in [0, 0.05) is 13.1 Å². The molecule has 2 aromatic carbocycles. The number of fused-ring (bicyclic) bond motifs is 1. The second-order valence-corrected chi connectivity index (χ2v) is 7.62. The number of hydrogen-bond donors (Lipinski definition) is 1. The first-order valence-electron chi connectivity index (χ1n) is 8.16. The zero-order chi connectivity index (χ0) is 18.0. The third kappa shape index (κ3) is 3.57. The predicted octanol–water partition coefficient (Wildman–Crippen LogP) is 1.73. The molecule has 0 saturated heterocycles. The SMILES string of the molecule is CCN(CC)S(=O)(=O)c1ccc(Oc2ccc3c(c2)COB3O)cc1. The summed E-state index contributed by atoms with van der Waals surface area (Å²) >= 11 is 0. The lowest BCUT2D eigenvalue weighted by atomic mass is 9.80. The van der Waals surface area contributed by atoms with Crippen molar-refractivity contribution in [1.29, 1.82) is 0 Å². The summed E-state index contributed by atoms with van der Waals surface area (Å²) in [6, 6.07) is 11.7. The zero-order valence-electron chi connectivity index (χ0n) is 14.2. The molecule has 132 valence electrons. The van der Waals surface area contributed by atoms with E-state index in [1.54, 1.807) is 36.4 Å². The van der Waals surface area contributed by atoms with Gasteiger partial charge in [-0.25, -0.2) is 8.42 Å². The molecule has 6 nitrogen and oxygen atoms in total. The number of ether oxygens (including phenoxy) is 1. The average molecular weight is 361 g/mol. The highest BCUT2D eigenvalue weighted by atomic mass is 32.2. The van der Waals surface area contributed by atoms with Crippen molar-refractivity contribution in [2.45, 2.75) is 25.3 Å². The fourth-order valence-electron chi connectivity index (χ4n) is 2.80. The maximum atomic E-state index is 12.5. The first kappa shape index (κ1) is 17.9. The Morgan fingerprint density at radius 2 is 1.76 bits per heavy atom. The molecular formula is C17H20BNO5S. The monoisotopic (exact) mass is 361 g/mol. The number of sulfonamides is 1. The van der Waals surface area contributed by atoms with Crippen LogP contribution in [0.3, 0.4) is 0 Å². The van der Waals surface area contributed by atoms with E-state index in [4.69, 9.17) is 9.39 Å². The average Bonchev–Trinajstić information content (AvgIpc) is 2.97. The van der Waals surface area contributed by atoms with Gasteiger partial charge in [-0.2, -0.15) is 4.31 Å². The highest BCUT2D eigenvalue weighted by Gasteiger charge is 2.27. The molecule has 0 aromatic heterocycles. The van der Waals surface area contributed by atoms with Crippen LogP contribution in [-0.4, -0.2) is 38.0 Å². The maximum absolute atomic E-state index is 12.5. The Bertz CT molecular complexity index is 850. The van der Waals surface area contributed by atoms with Gasteiger partial charge < -0.3 is 14.4 Å². The van der Waals surface area contributed by atoms with Crippen LogP contribution in [0.2, 0.25) is 0 Å². The number of rotatable bonds is 6. The van der Waals surface area contributed by atoms with Gasteiger partial charge in [0.2, 0.25) is 10.0 Å². The summed E-state index contributed by atoms with van der Waals surface area (Å²) in [5, 5.41) is 9.63. The number of nitrogens with zero attached hydrogens (tertiary/aromatic N) is 1. The van der Waals surface area contributed by atoms with Crippen molar-refractivity contribution in [2.75, 3.05) is 13.1 Å². The molecule has 0 amide bonds. The second-order valence-electron chi connectivity index (χ2n) is 5.69. The van der Waals surface area contributed by atoms with Crippen molar-refractivity contribution in [3.05, 3.63) is 48.0 Å². The van der Waals surface area contributed by atoms with Crippen LogP contribution in [0.15, 0.2) is 47.4 Å². The highest BCUT2D eigenvalue weighted by molar-refractivity contribution is 7.89. The van der Waals surface area contributed by atoms with Gasteiger partial charge >= 0.3 is 7.12 Å². The Morgan fingerprint density at radius 3 is 2.40 bits per heavy atom. The molecule has 1 aliphatic heterocycles. The van der Waals surface area contributed by atoms with Crippen LogP contribution in [0.5, 0.6) is 11.5 Å². The van der Waals surface area contributed by atoms with Gasteiger partial charge in [0.25, 0.3) is 0 Å². The fourth-order valence-corrected chi connectivity index (χ4v) is 4.26. The molecule has 0 aliphatic carbocycles. The predicted molar refractivity (Wildman–Crippen MR) is 95.5 cm³/mol. The molecular weight excluding hydrogens is 341 g/mol. The number of hydrogen-bond acceptors (Lipinski definition) is 5. The summed E-state index contributed by atoms with van der Waals surface area (Å²) in [6.45, 7) is 4.83. The van der Waals surface area contributed by atoms with Crippen LogP contribution in [-0.2, 0) is 21.3 Å². The topological polar surface area (TPSA) is 76.1 Å². The third-order valence-corrected chi connectivity index (χ3v) is 6.24. The third-order valence-electron chi connectivity index (χ3n) is 4.18. The molecule has 0 unspecified atom stereocenters. The van der Waals surface area contributed by atoms with Crippen LogP contribution < -0.4 is 10.2 Å². The van der Waals surface area contributed by atoms with Gasteiger partial charge in [-0.15, -0.1) is 0 Å². The van der Waals surface area contributed by atoms with E-state index in [0.717, 1.165) is 11.0 Å². The van der Waals surface area contributed by atoms with E-state index < -0.39 is 17.1 Å². The molecule has 0 spiro atoms. The minimum absolute atomic E-state index is 0.244. The Hall–Kier alpha value is -1.87. The molecule has 25 heavy (non-hydrogen) atoms. The zero-order valence-corrected chi connectivity index (χ0v) is 15.0. The molecule has 0 atom stereocenters. The van der Waals surface area contributed by atoms with E-state index in [1.165, 1.54) is 4.31 Å². The molecule has 0 bridgehead atoms. The van der Waals surface area contributed by atoms with Crippen LogP contribution >= 0.6 is 0 Å². The minimum atomic E-state index is -3.47. The van der Waals surface area contributed by atoms with Crippen LogP contribution in [0.1, 0.15) is 19.4 Å². The quantitative estimate of drug-likeness (QED) is 0.793. The lowest BCUT2D eigenvalue weighted by molar-refractivity contribution is 0.275. The Balaban J connectivity index is 1.77. The minimum Gasteiger partial charge on any atom is -0.457 e. The standard InChI is InChI=1S/C17H20BNO5S/c1-3-19(4-2)25(21,22)16-8-5-14(6-9-16)24-15-7-10-17-13(11-15)12-23-18(17)20/h5-11,20H,3-4,12H2,1-2H3. The Labute approximate surface area is 148 Å². The summed E-state index contributed by atoms with van der Waals surface area (Å²) in [5.74, 6) is 1.15. The van der Waals surface area contributed by atoms with E-state index in [0.29, 0.717) is 31.2 Å². The Kier molecular flexibility index (Phi) is 5.15. The first-order valence-corrected chi connectivity index (χ1v) is 9.60. The smallest absolute Gasteiger partial charge is 0.457 e. The van der Waals surface area contributed by atoms with Gasteiger partial charge in [-0.3, -0.25) is 0 Å². The molecule has 1 N–H and O–H groups in total. The summed E-state index contributed by atoms with van der Waals surface area (Å²) in [5.41, 5.74) is 1.62. The fraction of sp³-hybridized carbons (Fsp3) is 0.294. The summed E-state index contributed by atoms with van der Waals surface area (Å²) in [6.07, 6.45) is 0. The molecule has 1 aliphatic rings. The summed E-state index contributed by atoms with van der Waals surface area (Å²) < 4.78 is 37.3. The first-order chi connectivity index (χ1) is 12.0. The highest BCUT2D eigenvalue weighted by Crippen LogP contribution is 2.25. The molecule has 8 heteroatoms. The largest absolute Gasteiger partial charge is 0.491 e. The molecule has 0 fully saturated rings. The summed E-state index contributed by atoms with van der Waals surface area (Å²) in [4.78, 5) is 0.244. The van der Waals surface area contributed by atoms with Crippen molar-refractivity contribution < 1.29 is 22.8 Å². The van der Waals surface area contributed by atoms with Crippen molar-refractivity contribution in [1.82, 2.24) is 4.31 Å². The number of benzene rings is 2. The van der Waals surface area contributed by atoms with E-state index >= 15 is 0 Å². The van der Waals surface area contributed by atoms with Crippen LogP contribution in [0.4, 0.5) is 0 Å². The molecule has 0 radical (unpaired) electrons. The van der Waals surface area contributed by atoms with Crippen LogP contribution in [0.25, 0.3) is 0 Å². The summed E-state index contributed by atoms with van der Waals surface area (Å²) in [7, 11) is -4.35. The second kappa shape index (κ2) is 7.17. The van der Waals surface area contributed by atoms with Crippen molar-refractivity contribution in [3.63, 3.8) is 0 Å². The molecule has 2 aromatic rings. The molecule has 1 heterocycles. The van der Waals surface area contributed by atoms with Gasteiger partial charge in [0.05, 0.1) is 11.5 Å². The molecule has 0 saturated carbocycles. The van der Waals surface area contributed by atoms with Crippen molar-refractivity contribution in [2.24, 2.45) is 0 Å². The van der Waals surface area contributed by atoms with Crippen molar-refractivity contribution >= 4 is 22.6 Å². The van der Waals surface area contributed by atoms with Gasteiger partial charge in [0.15, 0.2) is 0 Å². The van der Waals surface area contributed by atoms with Gasteiger partial charge in [-0.1, -0.05) is 19.9 Å². The van der Waals surface area contributed by atoms with Gasteiger partial charge in [0.1, 0.15) is 11.5 Å². The lowest BCUT2D eigenvalue weighted by Crippen LogP contribution is -2.30. The van der Waals surface area contributed by atoms with Crippen LogP contribution in [0, 0.1) is 0 Å². The Morgan fingerprint density at radius 1 is 1.12 bits per heavy atom. The van der Waals surface area contributed by atoms with Gasteiger partial charge in [-0.05, 0) is 47.4 Å². The molecule has 3 rings (SSSR count).